The van der Waals surface area contributed by atoms with Gasteiger partial charge in [-0.1, -0.05) is 0 Å². The molecule has 1 aromatic heterocycles. The number of carbonyl (C=O) groups is 2. The number of nitrogens with one attached hydrogen (secondary N) is 1. The Bertz CT molecular complexity index is 1460. The third-order valence-electron chi connectivity index (χ3n) is 11.0. The Morgan fingerprint density at radius 3 is 2.22 bits per heavy atom. The van der Waals surface area contributed by atoms with E-state index in [2.05, 4.69) is 35.9 Å². The topological polar surface area (TPSA) is 107 Å². The number of carbonyl (C=O) groups excluding carboxylic acids is 2. The number of amides is 2. The summed E-state index contributed by atoms with van der Waals surface area (Å²) in [5, 5.41) is 4.38. The average molecular weight is 624 g/mol. The summed E-state index contributed by atoms with van der Waals surface area (Å²) in [6.45, 7) is 11.0. The van der Waals surface area contributed by atoms with E-state index >= 15 is 0 Å². The Morgan fingerprint density at radius 1 is 0.956 bits per heavy atom. The van der Waals surface area contributed by atoms with Crippen LogP contribution in [-0.2, 0) is 9.63 Å². The van der Waals surface area contributed by atoms with Crippen LogP contribution in [0.2, 0.25) is 0 Å². The van der Waals surface area contributed by atoms with Crippen molar-refractivity contribution in [2.45, 2.75) is 64.5 Å². The fraction of sp³-hybridized carbons (Fsp3) is 0.606. The van der Waals surface area contributed by atoms with Gasteiger partial charge in [-0.3, -0.25) is 9.69 Å². The van der Waals surface area contributed by atoms with Gasteiger partial charge in [-0.05, 0) is 82.8 Å². The van der Waals surface area contributed by atoms with Gasteiger partial charge in [-0.2, -0.15) is 0 Å². The number of primary amides is 1. The zero-order valence-corrected chi connectivity index (χ0v) is 26.3. The number of anilines is 4. The molecule has 0 radical (unpaired) electrons. The van der Waals surface area contributed by atoms with Gasteiger partial charge in [-0.25, -0.2) is 23.6 Å². The molecule has 4 saturated carbocycles. The molecule has 6 aliphatic rings. The maximum Gasteiger partial charge on any atom is 0.431 e. The Morgan fingerprint density at radius 2 is 1.62 bits per heavy atom. The summed E-state index contributed by atoms with van der Waals surface area (Å²) in [4.78, 5) is 42.6. The Labute approximate surface area is 262 Å². The predicted octanol–water partition coefficient (Wildman–Crippen LogP) is 4.56. The van der Waals surface area contributed by atoms with Gasteiger partial charge >= 0.3 is 6.09 Å². The maximum absolute atomic E-state index is 14.6. The summed E-state index contributed by atoms with van der Waals surface area (Å²) in [6, 6.07) is 5.99. The minimum Gasteiger partial charge on any atom is -0.369 e. The standard InChI is InChI=1S/C33H43F2N7O3/c1-32(2,3)40-8-6-39(7-9-40)23-4-5-28(37-19-23)41-10-11-42(27-15-25(35)24(34)14-26(27)41)45-31(44)38-29-21-12-20-13-22(29)18-33(16-20,17-21)30(36)43/h4-5,14-15,19-22,29H,6-13,16-18H2,1-3H3,(H2,36,43)(H,38,44)/t20?,21-,22+,29?,33?. The molecule has 1 aromatic carbocycles. The van der Waals surface area contributed by atoms with E-state index in [-0.39, 0.29) is 41.6 Å². The zero-order chi connectivity index (χ0) is 31.7. The van der Waals surface area contributed by atoms with Gasteiger partial charge in [0.25, 0.3) is 0 Å². The number of hydrogen-bond donors (Lipinski definition) is 2. The molecule has 8 rings (SSSR count). The van der Waals surface area contributed by atoms with Crippen LogP contribution in [-0.4, -0.2) is 72.7 Å². The first-order chi connectivity index (χ1) is 21.4. The molecule has 2 aliphatic heterocycles. The first-order valence-electron chi connectivity index (χ1n) is 16.2. The van der Waals surface area contributed by atoms with Crippen molar-refractivity contribution in [1.82, 2.24) is 15.2 Å². The van der Waals surface area contributed by atoms with Crippen molar-refractivity contribution < 1.29 is 23.2 Å². The molecule has 12 heteroatoms. The molecule has 45 heavy (non-hydrogen) atoms. The number of halogens is 2. The lowest BCUT2D eigenvalue weighted by Crippen LogP contribution is -2.62. The summed E-state index contributed by atoms with van der Waals surface area (Å²) in [6.07, 6.45) is 5.32. The largest absolute Gasteiger partial charge is 0.431 e. The van der Waals surface area contributed by atoms with E-state index in [1.54, 1.807) is 0 Å². The van der Waals surface area contributed by atoms with E-state index in [0.29, 0.717) is 36.8 Å². The van der Waals surface area contributed by atoms with E-state index in [9.17, 15) is 18.4 Å². The summed E-state index contributed by atoms with van der Waals surface area (Å²) in [5.41, 5.74) is 7.12. The number of pyridine rings is 1. The van der Waals surface area contributed by atoms with Crippen LogP contribution in [0.4, 0.5) is 36.5 Å². The van der Waals surface area contributed by atoms with Crippen LogP contribution in [0.5, 0.6) is 0 Å². The zero-order valence-electron chi connectivity index (χ0n) is 26.3. The first-order valence-corrected chi connectivity index (χ1v) is 16.2. The normalized spacial score (nSPS) is 29.5. The number of hydroxylamine groups is 1. The second-order valence-corrected chi connectivity index (χ2v) is 14.7. The molecule has 242 valence electrons. The average Bonchev–Trinajstić information content (AvgIpc) is 2.99. The first kappa shape index (κ1) is 30.0. The Kier molecular flexibility index (Phi) is 7.33. The van der Waals surface area contributed by atoms with Crippen LogP contribution in [0.3, 0.4) is 0 Å². The second kappa shape index (κ2) is 11.0. The number of piperazine rings is 1. The molecule has 2 aromatic rings. The molecule has 3 unspecified atom stereocenters. The lowest BCUT2D eigenvalue weighted by Gasteiger charge is -2.58. The summed E-state index contributed by atoms with van der Waals surface area (Å²) >= 11 is 0. The number of rotatable bonds is 5. The summed E-state index contributed by atoms with van der Waals surface area (Å²) < 4.78 is 29.1. The molecule has 3 N–H and O–H groups in total. The van der Waals surface area contributed by atoms with Gasteiger partial charge < -0.3 is 25.7 Å². The molecular formula is C33H43F2N7O3. The quantitative estimate of drug-likeness (QED) is 0.500. The van der Waals surface area contributed by atoms with Crippen LogP contribution in [0.25, 0.3) is 0 Å². The van der Waals surface area contributed by atoms with E-state index in [1.807, 2.05) is 23.2 Å². The monoisotopic (exact) mass is 623 g/mol. The minimum absolute atomic E-state index is 0.105. The van der Waals surface area contributed by atoms with Gasteiger partial charge in [0.1, 0.15) is 11.5 Å². The lowest BCUT2D eigenvalue weighted by molar-refractivity contribution is -0.145. The van der Waals surface area contributed by atoms with Crippen LogP contribution in [0.15, 0.2) is 30.5 Å². The van der Waals surface area contributed by atoms with Gasteiger partial charge in [0, 0.05) is 61.9 Å². The number of fused-ring (bicyclic) bond motifs is 1. The van der Waals surface area contributed by atoms with Crippen molar-refractivity contribution >= 4 is 34.9 Å². The van der Waals surface area contributed by atoms with Crippen LogP contribution in [0.1, 0.15) is 52.9 Å². The SMILES string of the molecule is CC(C)(C)N1CCN(c2ccc(N3CCN(OC(=O)NC4[C@@H]5CC6C[C@H]4CC(C(N)=O)(C6)C5)c4cc(F)c(F)cc43)nc2)CC1. The van der Waals surface area contributed by atoms with Gasteiger partial charge in [0.05, 0.1) is 24.1 Å². The highest BCUT2D eigenvalue weighted by Gasteiger charge is 2.58. The van der Waals surface area contributed by atoms with Crippen LogP contribution in [0, 0.1) is 34.8 Å². The van der Waals surface area contributed by atoms with Crippen molar-refractivity contribution in [3.05, 3.63) is 42.1 Å². The van der Waals surface area contributed by atoms with Crippen LogP contribution < -0.4 is 25.9 Å². The van der Waals surface area contributed by atoms with E-state index in [0.717, 1.165) is 63.3 Å². The second-order valence-electron chi connectivity index (χ2n) is 14.7. The molecule has 3 heterocycles. The molecule has 1 saturated heterocycles. The van der Waals surface area contributed by atoms with Gasteiger partial charge in [0.15, 0.2) is 11.6 Å². The molecule has 5 atom stereocenters. The maximum atomic E-state index is 14.6. The molecule has 10 nitrogen and oxygen atoms in total. The number of aromatic nitrogens is 1. The van der Waals surface area contributed by atoms with Gasteiger partial charge in [0.2, 0.25) is 5.91 Å². The number of benzene rings is 1. The molecule has 4 bridgehead atoms. The van der Waals surface area contributed by atoms with Gasteiger partial charge in [-0.15, -0.1) is 0 Å². The fourth-order valence-corrected chi connectivity index (χ4v) is 8.89. The van der Waals surface area contributed by atoms with Crippen LogP contribution >= 0.6 is 0 Å². The van der Waals surface area contributed by atoms with E-state index < -0.39 is 23.1 Å². The fourth-order valence-electron chi connectivity index (χ4n) is 8.89. The number of nitrogens with zero attached hydrogens (tertiary/aromatic N) is 5. The molecule has 2 amide bonds. The summed E-state index contributed by atoms with van der Waals surface area (Å²) in [7, 11) is 0. The Balaban J connectivity index is 1.04. The van der Waals surface area contributed by atoms with Crippen molar-refractivity contribution in [2.24, 2.45) is 28.9 Å². The third-order valence-corrected chi connectivity index (χ3v) is 11.0. The van der Waals surface area contributed by atoms with Crippen molar-refractivity contribution in [3.8, 4) is 0 Å². The summed E-state index contributed by atoms with van der Waals surface area (Å²) in [5.74, 6) is -0.847. The molecule has 5 fully saturated rings. The van der Waals surface area contributed by atoms with E-state index in [4.69, 9.17) is 15.6 Å². The number of hydrogen-bond acceptors (Lipinski definition) is 8. The van der Waals surface area contributed by atoms with E-state index in [1.165, 1.54) is 5.06 Å². The minimum atomic E-state index is -1.03. The molecule has 0 spiro atoms. The predicted molar refractivity (Wildman–Crippen MR) is 167 cm³/mol. The van der Waals surface area contributed by atoms with Crippen molar-refractivity contribution in [1.29, 1.82) is 0 Å². The number of nitrogens with two attached hydrogens (primary N) is 1. The molecule has 4 aliphatic carbocycles. The Hall–Kier alpha value is -3.67. The highest BCUT2D eigenvalue weighted by atomic mass is 19.2. The highest BCUT2D eigenvalue weighted by molar-refractivity contribution is 5.82. The van der Waals surface area contributed by atoms with Crippen molar-refractivity contribution in [2.75, 3.05) is 54.1 Å². The highest BCUT2D eigenvalue weighted by Crippen LogP contribution is 2.60. The van der Waals surface area contributed by atoms with Crippen molar-refractivity contribution in [3.63, 3.8) is 0 Å². The lowest BCUT2D eigenvalue weighted by atomic mass is 9.47. The third kappa shape index (κ3) is 5.44. The molecular weight excluding hydrogens is 580 g/mol. The smallest absolute Gasteiger partial charge is 0.369 e.